The Morgan fingerprint density at radius 1 is 0.452 bits per heavy atom. The predicted molar refractivity (Wildman–Crippen MR) is 194 cm³/mol. The van der Waals surface area contributed by atoms with Gasteiger partial charge in [-0.1, -0.05) is 0 Å². The van der Waals surface area contributed by atoms with Gasteiger partial charge in [0.2, 0.25) is 5.91 Å². The van der Waals surface area contributed by atoms with Crippen LogP contribution in [0.2, 0.25) is 0 Å². The molecule has 25 nitrogen and oxygen atoms in total. The van der Waals surface area contributed by atoms with E-state index in [1.807, 2.05) is 0 Å². The van der Waals surface area contributed by atoms with Gasteiger partial charge in [-0.15, -0.1) is 0 Å². The summed E-state index contributed by atoms with van der Waals surface area (Å²) in [6.45, 7) is 7.53. The van der Waals surface area contributed by atoms with E-state index in [-0.39, 0.29) is 0 Å². The van der Waals surface area contributed by atoms with Gasteiger partial charge in [-0.25, -0.2) is 0 Å². The highest BCUT2D eigenvalue weighted by molar-refractivity contribution is 5.74. The lowest BCUT2D eigenvalue weighted by Gasteiger charge is -2.49. The fourth-order valence-electron chi connectivity index (χ4n) is 6.85. The third kappa shape index (κ3) is 14.8. The zero-order valence-electron chi connectivity index (χ0n) is 35.6. The fourth-order valence-corrected chi connectivity index (χ4v) is 6.85. The lowest BCUT2D eigenvalue weighted by Crippen LogP contribution is -2.69. The van der Waals surface area contributed by atoms with Crippen LogP contribution >= 0.6 is 0 Å². The minimum atomic E-state index is -1.99. The molecular weight excluding hydrogens is 842 g/mol. The van der Waals surface area contributed by atoms with Crippen LogP contribution in [0.5, 0.6) is 0 Å². The van der Waals surface area contributed by atoms with Crippen molar-refractivity contribution in [3.63, 3.8) is 0 Å². The second-order valence-electron chi connectivity index (χ2n) is 14.1. The third-order valence-corrected chi connectivity index (χ3v) is 8.92. The van der Waals surface area contributed by atoms with Crippen LogP contribution in [0.4, 0.5) is 0 Å². The molecule has 3 fully saturated rings. The molecule has 25 heteroatoms. The van der Waals surface area contributed by atoms with Gasteiger partial charge in [0.15, 0.2) is 55.5 Å². The summed E-state index contributed by atoms with van der Waals surface area (Å²) in [4.78, 5) is 110. The van der Waals surface area contributed by atoms with E-state index >= 15 is 0 Å². The number of amides is 1. The molecule has 3 heterocycles. The smallest absolute Gasteiger partial charge is 0.303 e. The summed E-state index contributed by atoms with van der Waals surface area (Å²) in [7, 11) is 1.17. The minimum absolute atomic E-state index is 0.565. The van der Waals surface area contributed by atoms with Crippen LogP contribution in [0.25, 0.3) is 0 Å². The molecule has 0 radical (unpaired) electrons. The van der Waals surface area contributed by atoms with Crippen molar-refractivity contribution in [2.45, 2.75) is 154 Å². The van der Waals surface area contributed by atoms with Crippen LogP contribution in [0.1, 0.15) is 62.3 Å². The van der Waals surface area contributed by atoms with Gasteiger partial charge in [-0.2, -0.15) is 0 Å². The first-order valence-corrected chi connectivity index (χ1v) is 19.0. The normalized spacial score (nSPS) is 33.0. The van der Waals surface area contributed by atoms with Crippen LogP contribution in [0.3, 0.4) is 0 Å². The van der Waals surface area contributed by atoms with Gasteiger partial charge >= 0.3 is 47.8 Å². The van der Waals surface area contributed by atoms with E-state index in [9.17, 15) is 48.3 Å². The highest BCUT2D eigenvalue weighted by Crippen LogP contribution is 2.35. The standard InChI is InChI=1S/C37H53NO24/c1-14(39)38-26-30(56-20(7)45)27(53-17(4)42)24(11-50-15(2)40)60-36(26)62-34-31(49-10)28(54-18(5)43)25(12-51-16(3)41)61-37(34)52-13-23-29(55-19(6)44)32(57-21(8)46)33(35(48)59-23)58-22(9)47/h23-37,48H,11-13H2,1-10H3,(H,38,39)/t23-,24-,25-,26-,27-,28-,29-,30-,31+,32+,33-,34+,35-,36+,37-/m1/s1. The van der Waals surface area contributed by atoms with Crippen molar-refractivity contribution in [3.05, 3.63) is 0 Å². The largest absolute Gasteiger partial charge is 0.463 e. The minimum Gasteiger partial charge on any atom is -0.463 e. The van der Waals surface area contributed by atoms with Gasteiger partial charge in [-0.3, -0.25) is 43.2 Å². The van der Waals surface area contributed by atoms with E-state index in [1.54, 1.807) is 0 Å². The quantitative estimate of drug-likeness (QED) is 0.115. The van der Waals surface area contributed by atoms with E-state index in [1.165, 1.54) is 7.11 Å². The first-order chi connectivity index (χ1) is 29.0. The maximum Gasteiger partial charge on any atom is 0.303 e. The number of methoxy groups -OCH3 is 1. The van der Waals surface area contributed by atoms with Crippen molar-refractivity contribution in [3.8, 4) is 0 Å². The monoisotopic (exact) mass is 895 g/mol. The summed E-state index contributed by atoms with van der Waals surface area (Å²) in [6, 6.07) is -1.54. The van der Waals surface area contributed by atoms with E-state index in [2.05, 4.69) is 5.32 Å². The van der Waals surface area contributed by atoms with Crippen molar-refractivity contribution < 1.29 is 115 Å². The number of rotatable bonds is 17. The van der Waals surface area contributed by atoms with E-state index < -0.39 is 166 Å². The Morgan fingerprint density at radius 2 is 0.839 bits per heavy atom. The topological polar surface area (TPSA) is 315 Å². The molecule has 0 spiro atoms. The molecule has 15 atom stereocenters. The molecular formula is C37H53NO24. The van der Waals surface area contributed by atoms with Crippen LogP contribution in [-0.2, 0) is 109 Å². The summed E-state index contributed by atoms with van der Waals surface area (Å²) in [5.74, 6) is -7.67. The Kier molecular flexibility index (Phi) is 19.4. The zero-order chi connectivity index (χ0) is 46.6. The average molecular weight is 896 g/mol. The maximum atomic E-state index is 12.7. The van der Waals surface area contributed by atoms with Crippen LogP contribution < -0.4 is 5.32 Å². The van der Waals surface area contributed by atoms with Crippen molar-refractivity contribution in [1.82, 2.24) is 5.32 Å². The molecule has 2 N–H and O–H groups in total. The van der Waals surface area contributed by atoms with E-state index in [4.69, 9.17) is 66.3 Å². The first-order valence-electron chi connectivity index (χ1n) is 19.0. The molecule has 0 aliphatic carbocycles. The molecule has 3 aliphatic heterocycles. The Bertz CT molecular complexity index is 1640. The number of ether oxygens (including phenoxy) is 14. The van der Waals surface area contributed by atoms with Crippen molar-refractivity contribution >= 4 is 53.7 Å². The van der Waals surface area contributed by atoms with E-state index in [0.29, 0.717) is 0 Å². The molecule has 1 amide bonds. The van der Waals surface area contributed by atoms with Gasteiger partial charge in [0.25, 0.3) is 0 Å². The molecule has 0 bridgehead atoms. The fraction of sp³-hybridized carbons (Fsp3) is 0.757. The first kappa shape index (κ1) is 51.3. The highest BCUT2D eigenvalue weighted by Gasteiger charge is 2.57. The molecule has 3 rings (SSSR count). The zero-order valence-corrected chi connectivity index (χ0v) is 35.6. The van der Waals surface area contributed by atoms with Gasteiger partial charge in [0.1, 0.15) is 49.8 Å². The molecule has 350 valence electrons. The number of aliphatic hydroxyl groups is 1. The van der Waals surface area contributed by atoms with Crippen molar-refractivity contribution in [1.29, 1.82) is 0 Å². The average Bonchev–Trinajstić information content (AvgIpc) is 3.13. The molecule has 0 aromatic heterocycles. The summed E-state index contributed by atoms with van der Waals surface area (Å²) in [6.07, 6.45) is -22.6. The van der Waals surface area contributed by atoms with Gasteiger partial charge in [0.05, 0.1) is 6.61 Å². The molecule has 3 aliphatic rings. The van der Waals surface area contributed by atoms with Gasteiger partial charge < -0.3 is 76.7 Å². The molecule has 62 heavy (non-hydrogen) atoms. The summed E-state index contributed by atoms with van der Waals surface area (Å²) in [5.41, 5.74) is 0. The lowest BCUT2D eigenvalue weighted by molar-refractivity contribution is -0.364. The van der Waals surface area contributed by atoms with Crippen molar-refractivity contribution in [2.24, 2.45) is 0 Å². The summed E-state index contributed by atoms with van der Waals surface area (Å²) in [5, 5.41) is 13.5. The number of carbonyl (C=O) groups excluding carboxylic acids is 9. The number of hydrogen-bond acceptors (Lipinski definition) is 24. The molecule has 0 aromatic rings. The molecule has 0 unspecified atom stereocenters. The van der Waals surface area contributed by atoms with E-state index in [0.717, 1.165) is 62.3 Å². The number of esters is 8. The SMILES string of the molecule is CO[C@@H]1[C@H](O[C@@H]2O[C@H](COC(C)=O)[C@@H](OC(C)=O)[C@H](OC(C)=O)[C@H]2NC(C)=O)[C@H](OC[C@H]2O[C@@H](O)[C@H](OC(C)=O)[C@@H](OC(C)=O)[C@@H]2OC(C)=O)O[C@H](COC(C)=O)[C@H]1OC(C)=O. The van der Waals surface area contributed by atoms with Crippen molar-refractivity contribution in [2.75, 3.05) is 26.9 Å². The number of nitrogens with one attached hydrogen (secondary N) is 1. The lowest BCUT2D eigenvalue weighted by atomic mass is 9.94. The summed E-state index contributed by atoms with van der Waals surface area (Å²) >= 11 is 0. The second kappa shape index (κ2) is 23.4. The summed E-state index contributed by atoms with van der Waals surface area (Å²) < 4.78 is 79.3. The second-order valence-corrected chi connectivity index (χ2v) is 14.1. The van der Waals surface area contributed by atoms with Crippen LogP contribution in [0.15, 0.2) is 0 Å². The number of carbonyl (C=O) groups is 9. The molecule has 3 saturated heterocycles. The third-order valence-electron chi connectivity index (χ3n) is 8.92. The molecule has 0 aromatic carbocycles. The van der Waals surface area contributed by atoms with Crippen LogP contribution in [0, 0.1) is 0 Å². The Morgan fingerprint density at radius 3 is 1.27 bits per heavy atom. The number of hydrogen-bond donors (Lipinski definition) is 2. The van der Waals surface area contributed by atoms with Gasteiger partial charge in [-0.05, 0) is 0 Å². The number of aliphatic hydroxyl groups excluding tert-OH is 1. The highest BCUT2D eigenvalue weighted by atomic mass is 16.8. The Hall–Kier alpha value is -5.05. The maximum absolute atomic E-state index is 12.7. The Labute approximate surface area is 354 Å². The van der Waals surface area contributed by atoms with Gasteiger partial charge in [0, 0.05) is 69.4 Å². The van der Waals surface area contributed by atoms with Crippen LogP contribution in [-0.4, -0.2) is 178 Å². The predicted octanol–water partition coefficient (Wildman–Crippen LogP) is -2.21. The molecule has 0 saturated carbocycles. The Balaban J connectivity index is 2.19.